The lowest BCUT2D eigenvalue weighted by molar-refractivity contribution is -0.274. The molecule has 1 aromatic heterocycles. The first-order chi connectivity index (χ1) is 9.78. The van der Waals surface area contributed by atoms with Crippen molar-refractivity contribution in [3.05, 3.63) is 30.0 Å². The second-order valence-electron chi connectivity index (χ2n) is 4.11. The van der Waals surface area contributed by atoms with Gasteiger partial charge in [-0.05, 0) is 18.2 Å². The minimum absolute atomic E-state index is 0.226. The second kappa shape index (κ2) is 5.47. The number of alkyl halides is 3. The summed E-state index contributed by atoms with van der Waals surface area (Å²) in [5.41, 5.74) is 0.566. The molecule has 0 fully saturated rings. The Hall–Kier alpha value is -2.51. The van der Waals surface area contributed by atoms with Crippen LogP contribution in [-0.2, 0) is 11.2 Å². The van der Waals surface area contributed by atoms with Crippen LogP contribution in [0.4, 0.5) is 13.2 Å². The number of halogens is 3. The average molecular weight is 301 g/mol. The molecule has 0 amide bonds. The third-order valence-electron chi connectivity index (χ3n) is 2.58. The Morgan fingerprint density at radius 2 is 2.05 bits per heavy atom. The molecule has 0 saturated carbocycles. The number of carboxylic acids is 1. The molecule has 0 saturated heterocycles. The van der Waals surface area contributed by atoms with E-state index in [1.807, 2.05) is 0 Å². The van der Waals surface area contributed by atoms with Crippen molar-refractivity contribution < 1.29 is 32.5 Å². The first kappa shape index (κ1) is 14.9. The van der Waals surface area contributed by atoms with Gasteiger partial charge in [0.15, 0.2) is 0 Å². The number of nitrogens with zero attached hydrogens (tertiary/aromatic N) is 1. The average Bonchev–Trinajstić information content (AvgIpc) is 2.35. The topological polar surface area (TPSA) is 68.7 Å². The van der Waals surface area contributed by atoms with Crippen LogP contribution in [0.25, 0.3) is 10.9 Å². The molecule has 0 spiro atoms. The van der Waals surface area contributed by atoms with Crippen LogP contribution in [0.3, 0.4) is 0 Å². The van der Waals surface area contributed by atoms with Crippen molar-refractivity contribution in [2.75, 3.05) is 7.11 Å². The monoisotopic (exact) mass is 301 g/mol. The molecule has 21 heavy (non-hydrogen) atoms. The molecular weight excluding hydrogens is 291 g/mol. The number of benzene rings is 1. The van der Waals surface area contributed by atoms with Crippen molar-refractivity contribution in [1.29, 1.82) is 0 Å². The predicted octanol–water partition coefficient (Wildman–Crippen LogP) is 2.77. The number of carbonyl (C=O) groups is 1. The number of fused-ring (bicyclic) bond motifs is 1. The van der Waals surface area contributed by atoms with Crippen molar-refractivity contribution in [2.45, 2.75) is 12.8 Å². The summed E-state index contributed by atoms with van der Waals surface area (Å²) in [5, 5.41) is 9.05. The van der Waals surface area contributed by atoms with Gasteiger partial charge in [0, 0.05) is 11.5 Å². The van der Waals surface area contributed by atoms with Crippen LogP contribution in [0.5, 0.6) is 11.5 Å². The minimum Gasteiger partial charge on any atom is -0.496 e. The molecule has 0 bridgehead atoms. The van der Waals surface area contributed by atoms with Crippen LogP contribution in [0.2, 0.25) is 0 Å². The molecule has 112 valence electrons. The summed E-state index contributed by atoms with van der Waals surface area (Å²) in [4.78, 5) is 14.8. The Labute approximate surface area is 116 Å². The van der Waals surface area contributed by atoms with Crippen LogP contribution in [0.1, 0.15) is 5.69 Å². The van der Waals surface area contributed by atoms with Gasteiger partial charge in [-0.1, -0.05) is 0 Å². The minimum atomic E-state index is -4.79. The van der Waals surface area contributed by atoms with Gasteiger partial charge in [0.05, 0.1) is 24.7 Å². The Balaban J connectivity index is 2.49. The normalized spacial score (nSPS) is 11.4. The lowest BCUT2D eigenvalue weighted by Crippen LogP contribution is -2.17. The molecule has 1 heterocycles. The molecule has 5 nitrogen and oxygen atoms in total. The van der Waals surface area contributed by atoms with Crippen molar-refractivity contribution in [3.8, 4) is 11.5 Å². The molecule has 1 aromatic carbocycles. The number of rotatable bonds is 4. The summed E-state index contributed by atoms with van der Waals surface area (Å²) in [6.07, 6.45) is -5.11. The summed E-state index contributed by atoms with van der Waals surface area (Å²) in [7, 11) is 1.33. The van der Waals surface area contributed by atoms with Crippen LogP contribution in [0, 0.1) is 0 Å². The van der Waals surface area contributed by atoms with Crippen molar-refractivity contribution in [3.63, 3.8) is 0 Å². The Bertz CT molecular complexity index is 685. The molecule has 2 aromatic rings. The van der Waals surface area contributed by atoms with Crippen molar-refractivity contribution >= 4 is 16.9 Å². The number of carboxylic acid groups (broad SMARTS) is 1. The lowest BCUT2D eigenvalue weighted by Gasteiger charge is -2.11. The highest BCUT2D eigenvalue weighted by Gasteiger charge is 2.31. The number of aliphatic carboxylic acids is 1. The first-order valence-electron chi connectivity index (χ1n) is 5.74. The quantitative estimate of drug-likeness (QED) is 0.940. The van der Waals surface area contributed by atoms with E-state index in [9.17, 15) is 18.0 Å². The van der Waals surface area contributed by atoms with Gasteiger partial charge in [0.2, 0.25) is 0 Å². The van der Waals surface area contributed by atoms with E-state index in [0.29, 0.717) is 10.9 Å². The van der Waals surface area contributed by atoms with E-state index in [0.717, 1.165) is 12.1 Å². The van der Waals surface area contributed by atoms with E-state index in [-0.39, 0.29) is 17.9 Å². The lowest BCUT2D eigenvalue weighted by atomic mass is 10.1. The Morgan fingerprint density at radius 3 is 2.62 bits per heavy atom. The third-order valence-corrected chi connectivity index (χ3v) is 2.58. The van der Waals surface area contributed by atoms with Gasteiger partial charge in [-0.3, -0.25) is 9.78 Å². The number of aromatic nitrogens is 1. The number of hydrogen-bond donors (Lipinski definition) is 1. The SMILES string of the molecule is COc1cc(CC(=O)O)nc2ccc(OC(F)(F)F)cc12. The van der Waals surface area contributed by atoms with Crippen LogP contribution < -0.4 is 9.47 Å². The molecule has 0 aliphatic carbocycles. The van der Waals surface area contributed by atoms with Gasteiger partial charge in [0.25, 0.3) is 0 Å². The maximum Gasteiger partial charge on any atom is 0.573 e. The molecular formula is C13H10F3NO4. The summed E-state index contributed by atoms with van der Waals surface area (Å²) in [6, 6.07) is 4.92. The summed E-state index contributed by atoms with van der Waals surface area (Å²) in [5.74, 6) is -1.24. The zero-order valence-electron chi connectivity index (χ0n) is 10.8. The van der Waals surface area contributed by atoms with E-state index in [2.05, 4.69) is 9.72 Å². The van der Waals surface area contributed by atoms with E-state index < -0.39 is 18.1 Å². The third kappa shape index (κ3) is 3.74. The summed E-state index contributed by atoms with van der Waals surface area (Å²) in [6.45, 7) is 0. The molecule has 0 aliphatic heterocycles. The summed E-state index contributed by atoms with van der Waals surface area (Å²) < 4.78 is 45.5. The van der Waals surface area contributed by atoms with Gasteiger partial charge < -0.3 is 14.6 Å². The number of pyridine rings is 1. The Kier molecular flexibility index (Phi) is 3.88. The van der Waals surface area contributed by atoms with Gasteiger partial charge in [-0.25, -0.2) is 0 Å². The second-order valence-corrected chi connectivity index (χ2v) is 4.11. The van der Waals surface area contributed by atoms with Crippen LogP contribution in [0.15, 0.2) is 24.3 Å². The first-order valence-corrected chi connectivity index (χ1v) is 5.74. The number of hydrogen-bond acceptors (Lipinski definition) is 4. The fourth-order valence-electron chi connectivity index (χ4n) is 1.84. The highest BCUT2D eigenvalue weighted by Crippen LogP contribution is 2.31. The molecule has 0 atom stereocenters. The van der Waals surface area contributed by atoms with Gasteiger partial charge in [0.1, 0.15) is 11.5 Å². The van der Waals surface area contributed by atoms with E-state index in [4.69, 9.17) is 9.84 Å². The fraction of sp³-hybridized carbons (Fsp3) is 0.231. The van der Waals surface area contributed by atoms with Gasteiger partial charge in [-0.15, -0.1) is 13.2 Å². The standard InChI is InChI=1S/C13H10F3NO4/c1-20-11-4-7(5-12(18)19)17-10-3-2-8(6-9(10)11)21-13(14,15)16/h2-4,6H,5H2,1H3,(H,18,19). The largest absolute Gasteiger partial charge is 0.573 e. The molecule has 8 heteroatoms. The van der Waals surface area contributed by atoms with Gasteiger partial charge in [-0.2, -0.15) is 0 Å². The smallest absolute Gasteiger partial charge is 0.496 e. The molecule has 1 N–H and O–H groups in total. The van der Waals surface area contributed by atoms with E-state index in [1.165, 1.54) is 19.2 Å². The van der Waals surface area contributed by atoms with Crippen LogP contribution in [-0.4, -0.2) is 29.5 Å². The zero-order valence-corrected chi connectivity index (χ0v) is 10.8. The maximum absolute atomic E-state index is 12.2. The molecule has 0 unspecified atom stereocenters. The maximum atomic E-state index is 12.2. The van der Waals surface area contributed by atoms with Crippen LogP contribution >= 0.6 is 0 Å². The van der Waals surface area contributed by atoms with Crippen molar-refractivity contribution in [2.24, 2.45) is 0 Å². The number of ether oxygens (including phenoxy) is 2. The Morgan fingerprint density at radius 1 is 1.33 bits per heavy atom. The predicted molar refractivity (Wildman–Crippen MR) is 66.3 cm³/mol. The summed E-state index contributed by atoms with van der Waals surface area (Å²) >= 11 is 0. The highest BCUT2D eigenvalue weighted by atomic mass is 19.4. The van der Waals surface area contributed by atoms with E-state index in [1.54, 1.807) is 0 Å². The number of methoxy groups -OCH3 is 1. The van der Waals surface area contributed by atoms with Gasteiger partial charge >= 0.3 is 12.3 Å². The van der Waals surface area contributed by atoms with Crippen molar-refractivity contribution in [1.82, 2.24) is 4.98 Å². The molecule has 2 rings (SSSR count). The highest BCUT2D eigenvalue weighted by molar-refractivity contribution is 5.87. The molecule has 0 aliphatic rings. The van der Waals surface area contributed by atoms with E-state index >= 15 is 0 Å². The zero-order chi connectivity index (χ0) is 15.6. The molecule has 0 radical (unpaired) electrons. The fourth-order valence-corrected chi connectivity index (χ4v) is 1.84.